The number of aliphatic hydroxyl groups excluding tert-OH is 1. The Labute approximate surface area is 157 Å². The quantitative estimate of drug-likeness (QED) is 0.706. The van der Waals surface area contributed by atoms with Gasteiger partial charge in [-0.25, -0.2) is 0 Å². The van der Waals surface area contributed by atoms with Crippen LogP contribution in [0.3, 0.4) is 0 Å². The molecule has 1 amide bonds. The molecule has 0 aromatic heterocycles. The van der Waals surface area contributed by atoms with Crippen LogP contribution >= 0.6 is 12.4 Å². The number of aliphatic hydroxyl groups is 1. The van der Waals surface area contributed by atoms with E-state index in [0.717, 1.165) is 18.6 Å². The standard InChI is InChI=1S/C17H25F3N2O3.ClH/c1-4-9-16(2,21)15(24)22(3)10-13(23)11-25-14-7-5-12(6-8-14)17(18,19)20;/h5-8,13,23H,4,9-11,21H2,1-3H3;1H. The van der Waals surface area contributed by atoms with Crippen LogP contribution in [0.25, 0.3) is 0 Å². The Hall–Kier alpha value is -1.51. The minimum atomic E-state index is -4.41. The number of carbonyl (C=O) groups excluding carboxylic acids is 1. The second kappa shape index (κ2) is 9.99. The first-order valence-electron chi connectivity index (χ1n) is 8.00. The van der Waals surface area contributed by atoms with Gasteiger partial charge in [-0.3, -0.25) is 4.79 Å². The van der Waals surface area contributed by atoms with Crippen molar-refractivity contribution in [2.75, 3.05) is 20.2 Å². The molecule has 0 aliphatic rings. The highest BCUT2D eigenvalue weighted by molar-refractivity contribution is 5.85. The summed E-state index contributed by atoms with van der Waals surface area (Å²) in [4.78, 5) is 13.6. The second-order valence-corrected chi connectivity index (χ2v) is 6.34. The van der Waals surface area contributed by atoms with Crippen molar-refractivity contribution in [2.45, 2.75) is 44.5 Å². The summed E-state index contributed by atoms with van der Waals surface area (Å²) in [6.45, 7) is 3.42. The van der Waals surface area contributed by atoms with Crippen molar-refractivity contribution in [1.82, 2.24) is 4.90 Å². The van der Waals surface area contributed by atoms with Gasteiger partial charge >= 0.3 is 6.18 Å². The third kappa shape index (κ3) is 7.39. The topological polar surface area (TPSA) is 75.8 Å². The number of likely N-dealkylation sites (N-methyl/N-ethyl adjacent to an activating group) is 1. The van der Waals surface area contributed by atoms with Gasteiger partial charge in [0, 0.05) is 13.6 Å². The summed E-state index contributed by atoms with van der Waals surface area (Å²) in [6.07, 6.45) is -4.12. The number of nitrogens with two attached hydrogens (primary N) is 1. The second-order valence-electron chi connectivity index (χ2n) is 6.34. The van der Waals surface area contributed by atoms with Gasteiger partial charge in [0.2, 0.25) is 5.91 Å². The number of alkyl halides is 3. The van der Waals surface area contributed by atoms with Gasteiger partial charge in [0.1, 0.15) is 18.5 Å². The Bertz CT molecular complexity index is 565. The maximum Gasteiger partial charge on any atom is 0.416 e. The summed E-state index contributed by atoms with van der Waals surface area (Å²) < 4.78 is 42.7. The molecule has 9 heteroatoms. The molecule has 5 nitrogen and oxygen atoms in total. The van der Waals surface area contributed by atoms with Gasteiger partial charge in [0.25, 0.3) is 0 Å². The van der Waals surface area contributed by atoms with E-state index in [0.29, 0.717) is 6.42 Å². The highest BCUT2D eigenvalue weighted by Crippen LogP contribution is 2.30. The lowest BCUT2D eigenvalue weighted by Gasteiger charge is -2.30. The van der Waals surface area contributed by atoms with E-state index in [-0.39, 0.29) is 37.2 Å². The summed E-state index contributed by atoms with van der Waals surface area (Å²) in [5.74, 6) is -0.0846. The molecule has 1 rings (SSSR count). The number of hydrogen-bond donors (Lipinski definition) is 2. The van der Waals surface area contributed by atoms with E-state index in [4.69, 9.17) is 10.5 Å². The molecule has 0 radical (unpaired) electrons. The number of nitrogens with zero attached hydrogens (tertiary/aromatic N) is 1. The molecule has 1 aromatic carbocycles. The lowest BCUT2D eigenvalue weighted by atomic mass is 9.96. The Balaban J connectivity index is 0.00000625. The normalized spacial score (nSPS) is 14.8. The Kier molecular flexibility index (Phi) is 9.41. The third-order valence-electron chi connectivity index (χ3n) is 3.71. The minimum Gasteiger partial charge on any atom is -0.491 e. The fraction of sp³-hybridized carbons (Fsp3) is 0.588. The molecule has 2 unspecified atom stereocenters. The van der Waals surface area contributed by atoms with Crippen molar-refractivity contribution < 1.29 is 27.8 Å². The van der Waals surface area contributed by atoms with Crippen LogP contribution in [0, 0.1) is 0 Å². The van der Waals surface area contributed by atoms with Crippen molar-refractivity contribution in [1.29, 1.82) is 0 Å². The molecule has 150 valence electrons. The molecule has 2 atom stereocenters. The highest BCUT2D eigenvalue weighted by atomic mass is 35.5. The van der Waals surface area contributed by atoms with Crippen LogP contribution in [0.15, 0.2) is 24.3 Å². The average Bonchev–Trinajstić information content (AvgIpc) is 2.51. The van der Waals surface area contributed by atoms with Crippen LogP contribution < -0.4 is 10.5 Å². The SMILES string of the molecule is CCCC(C)(N)C(=O)N(C)CC(O)COc1ccc(C(F)(F)F)cc1.Cl. The maximum absolute atomic E-state index is 12.5. The number of benzene rings is 1. The Morgan fingerprint density at radius 2 is 1.85 bits per heavy atom. The van der Waals surface area contributed by atoms with Crippen LogP contribution in [0.2, 0.25) is 0 Å². The summed E-state index contributed by atoms with van der Waals surface area (Å²) in [6, 6.07) is 4.18. The van der Waals surface area contributed by atoms with E-state index in [9.17, 15) is 23.1 Å². The summed E-state index contributed by atoms with van der Waals surface area (Å²) in [7, 11) is 1.53. The molecule has 0 saturated heterocycles. The van der Waals surface area contributed by atoms with Crippen molar-refractivity contribution in [3.8, 4) is 5.75 Å². The van der Waals surface area contributed by atoms with Gasteiger partial charge in [-0.1, -0.05) is 13.3 Å². The maximum atomic E-state index is 12.5. The summed E-state index contributed by atoms with van der Waals surface area (Å²) in [5, 5.41) is 9.97. The van der Waals surface area contributed by atoms with Gasteiger partial charge in [-0.15, -0.1) is 12.4 Å². The molecule has 0 aliphatic carbocycles. The first-order chi connectivity index (χ1) is 11.5. The van der Waals surface area contributed by atoms with E-state index >= 15 is 0 Å². The van der Waals surface area contributed by atoms with Crippen LogP contribution in [-0.2, 0) is 11.0 Å². The zero-order valence-corrected chi connectivity index (χ0v) is 15.9. The van der Waals surface area contributed by atoms with Gasteiger partial charge in [0.15, 0.2) is 0 Å². The molecular weight excluding hydrogens is 373 g/mol. The summed E-state index contributed by atoms with van der Waals surface area (Å²) in [5.41, 5.74) is 4.19. The number of halogens is 4. The monoisotopic (exact) mass is 398 g/mol. The zero-order chi connectivity index (χ0) is 19.3. The fourth-order valence-electron chi connectivity index (χ4n) is 2.45. The molecule has 3 N–H and O–H groups in total. The Morgan fingerprint density at radius 3 is 2.31 bits per heavy atom. The predicted octanol–water partition coefficient (Wildman–Crippen LogP) is 2.84. The van der Waals surface area contributed by atoms with E-state index in [1.165, 1.54) is 24.1 Å². The highest BCUT2D eigenvalue weighted by Gasteiger charge is 2.31. The van der Waals surface area contributed by atoms with Crippen LogP contribution in [0.1, 0.15) is 32.3 Å². The van der Waals surface area contributed by atoms with Crippen molar-refractivity contribution in [2.24, 2.45) is 5.73 Å². The first kappa shape index (κ1) is 24.5. The molecule has 0 fully saturated rings. The predicted molar refractivity (Wildman–Crippen MR) is 95.3 cm³/mol. The van der Waals surface area contributed by atoms with Gasteiger partial charge in [-0.2, -0.15) is 13.2 Å². The van der Waals surface area contributed by atoms with Crippen molar-refractivity contribution in [3.63, 3.8) is 0 Å². The molecule has 0 spiro atoms. The largest absolute Gasteiger partial charge is 0.491 e. The van der Waals surface area contributed by atoms with Crippen molar-refractivity contribution >= 4 is 18.3 Å². The Morgan fingerprint density at radius 1 is 1.31 bits per heavy atom. The molecule has 0 saturated carbocycles. The summed E-state index contributed by atoms with van der Waals surface area (Å²) >= 11 is 0. The first-order valence-corrected chi connectivity index (χ1v) is 8.00. The number of hydrogen-bond acceptors (Lipinski definition) is 4. The van der Waals surface area contributed by atoms with Crippen LogP contribution in [-0.4, -0.2) is 47.8 Å². The number of amides is 1. The molecule has 1 aromatic rings. The van der Waals surface area contributed by atoms with Gasteiger partial charge in [0.05, 0.1) is 11.1 Å². The number of carbonyl (C=O) groups is 1. The van der Waals surface area contributed by atoms with E-state index < -0.39 is 23.4 Å². The van der Waals surface area contributed by atoms with Gasteiger partial charge in [-0.05, 0) is 37.6 Å². The molecule has 0 bridgehead atoms. The molecule has 0 heterocycles. The van der Waals surface area contributed by atoms with Crippen molar-refractivity contribution in [3.05, 3.63) is 29.8 Å². The van der Waals surface area contributed by atoms with Crippen LogP contribution in [0.4, 0.5) is 13.2 Å². The lowest BCUT2D eigenvalue weighted by Crippen LogP contribution is -2.53. The van der Waals surface area contributed by atoms with E-state index in [1.54, 1.807) is 6.92 Å². The fourth-order valence-corrected chi connectivity index (χ4v) is 2.45. The van der Waals surface area contributed by atoms with E-state index in [1.807, 2.05) is 6.92 Å². The van der Waals surface area contributed by atoms with E-state index in [2.05, 4.69) is 0 Å². The third-order valence-corrected chi connectivity index (χ3v) is 3.71. The van der Waals surface area contributed by atoms with Crippen LogP contribution in [0.5, 0.6) is 5.75 Å². The average molecular weight is 399 g/mol. The van der Waals surface area contributed by atoms with Gasteiger partial charge < -0.3 is 20.5 Å². The molecular formula is C17H26ClF3N2O3. The number of rotatable bonds is 8. The number of ether oxygens (including phenoxy) is 1. The smallest absolute Gasteiger partial charge is 0.416 e. The zero-order valence-electron chi connectivity index (χ0n) is 15.0. The molecule has 26 heavy (non-hydrogen) atoms. The lowest BCUT2D eigenvalue weighted by molar-refractivity contribution is -0.137. The minimum absolute atomic E-state index is 0. The molecule has 0 aliphatic heterocycles.